The van der Waals surface area contributed by atoms with Crippen LogP contribution in [0.15, 0.2) is 0 Å². The number of ether oxygens (including phenoxy) is 2. The zero-order valence-corrected chi connectivity index (χ0v) is 5.70. The van der Waals surface area contributed by atoms with Crippen molar-refractivity contribution in [3.05, 3.63) is 0 Å². The highest BCUT2D eigenvalue weighted by molar-refractivity contribution is 4.90. The Hall–Kier alpha value is -0.120. The molecule has 2 unspecified atom stereocenters. The summed E-state index contributed by atoms with van der Waals surface area (Å²) in [5.74, 6) is 0. The van der Waals surface area contributed by atoms with E-state index in [2.05, 4.69) is 0 Å². The molecule has 0 bridgehead atoms. The first-order chi connectivity index (χ1) is 4.29. The van der Waals surface area contributed by atoms with Crippen molar-refractivity contribution in [2.24, 2.45) is 0 Å². The van der Waals surface area contributed by atoms with Gasteiger partial charge in [-0.25, -0.2) is 0 Å². The average molecular weight is 132 g/mol. The molecule has 0 aliphatic heterocycles. The van der Waals surface area contributed by atoms with Gasteiger partial charge in [0.25, 0.3) is 0 Å². The largest absolute Gasteiger partial charge is 0.388 e. The molecule has 1 N–H and O–H groups in total. The van der Waals surface area contributed by atoms with E-state index in [4.69, 9.17) is 14.6 Å². The fourth-order valence-corrected chi connectivity index (χ4v) is 1.02. The molecule has 2 atom stereocenters. The maximum atomic E-state index is 9.12. The van der Waals surface area contributed by atoms with Gasteiger partial charge in [0.15, 0.2) is 0 Å². The molecule has 0 spiro atoms. The van der Waals surface area contributed by atoms with Gasteiger partial charge in [-0.05, 0) is 0 Å². The van der Waals surface area contributed by atoms with Gasteiger partial charge < -0.3 is 14.6 Å². The summed E-state index contributed by atoms with van der Waals surface area (Å²) in [4.78, 5) is 0. The summed E-state index contributed by atoms with van der Waals surface area (Å²) in [7, 11) is 3.19. The monoisotopic (exact) mass is 132 g/mol. The Morgan fingerprint density at radius 2 is 1.67 bits per heavy atom. The summed E-state index contributed by atoms with van der Waals surface area (Å²) in [6.07, 6.45) is 0.388. The van der Waals surface area contributed by atoms with Crippen LogP contribution in [0.25, 0.3) is 0 Å². The Morgan fingerprint density at radius 1 is 1.22 bits per heavy atom. The van der Waals surface area contributed by atoms with E-state index in [-0.39, 0.29) is 12.2 Å². The molecule has 1 aliphatic carbocycles. The molecule has 3 nitrogen and oxygen atoms in total. The number of aliphatic hydroxyl groups excluding tert-OH is 1. The minimum absolute atomic E-state index is 0.00468. The molecule has 1 rings (SSSR count). The smallest absolute Gasteiger partial charge is 0.106 e. The lowest BCUT2D eigenvalue weighted by molar-refractivity contribution is -0.168. The van der Waals surface area contributed by atoms with E-state index in [1.807, 2.05) is 0 Å². The normalized spacial score (nSPS) is 42.3. The van der Waals surface area contributed by atoms with Gasteiger partial charge in [0.05, 0.1) is 12.2 Å². The molecular formula is C6H12O3. The quantitative estimate of drug-likeness (QED) is 0.564. The maximum absolute atomic E-state index is 9.12. The minimum Gasteiger partial charge on any atom is -0.388 e. The third-order valence-electron chi connectivity index (χ3n) is 1.83. The summed E-state index contributed by atoms with van der Waals surface area (Å²) in [5, 5.41) is 9.12. The first-order valence-corrected chi connectivity index (χ1v) is 3.03. The topological polar surface area (TPSA) is 38.7 Å². The average Bonchev–Trinajstić information content (AvgIpc) is 1.87. The van der Waals surface area contributed by atoms with Gasteiger partial charge in [0, 0.05) is 20.6 Å². The van der Waals surface area contributed by atoms with Crippen molar-refractivity contribution in [1.29, 1.82) is 0 Å². The van der Waals surface area contributed by atoms with Crippen molar-refractivity contribution in [1.82, 2.24) is 0 Å². The van der Waals surface area contributed by atoms with Gasteiger partial charge in [-0.15, -0.1) is 0 Å². The summed E-state index contributed by atoms with van der Waals surface area (Å²) >= 11 is 0. The van der Waals surface area contributed by atoms with Crippen LogP contribution < -0.4 is 0 Å². The SMILES string of the molecule is COC1CC(OC)C1O. The lowest BCUT2D eigenvalue weighted by Gasteiger charge is -2.38. The molecule has 0 heterocycles. The molecule has 1 aliphatic rings. The first kappa shape index (κ1) is 6.99. The molecule has 0 aromatic heterocycles. The van der Waals surface area contributed by atoms with Crippen molar-refractivity contribution in [3.63, 3.8) is 0 Å². The van der Waals surface area contributed by atoms with Gasteiger partial charge in [-0.2, -0.15) is 0 Å². The first-order valence-electron chi connectivity index (χ1n) is 3.03. The van der Waals surface area contributed by atoms with Crippen LogP contribution in [-0.4, -0.2) is 37.6 Å². The van der Waals surface area contributed by atoms with Gasteiger partial charge in [-0.1, -0.05) is 0 Å². The molecule has 0 aromatic carbocycles. The molecule has 0 radical (unpaired) electrons. The second-order valence-electron chi connectivity index (χ2n) is 2.27. The lowest BCUT2D eigenvalue weighted by atomic mass is 9.88. The zero-order chi connectivity index (χ0) is 6.85. The van der Waals surface area contributed by atoms with Crippen molar-refractivity contribution >= 4 is 0 Å². The van der Waals surface area contributed by atoms with Crippen LogP contribution in [0.5, 0.6) is 0 Å². The third kappa shape index (κ3) is 1.08. The van der Waals surface area contributed by atoms with E-state index < -0.39 is 6.10 Å². The highest BCUT2D eigenvalue weighted by Gasteiger charge is 2.39. The Labute approximate surface area is 54.6 Å². The summed E-state index contributed by atoms with van der Waals surface area (Å²) in [6.45, 7) is 0. The summed E-state index contributed by atoms with van der Waals surface area (Å²) in [6, 6.07) is 0. The number of rotatable bonds is 2. The number of hydrogen-bond acceptors (Lipinski definition) is 3. The van der Waals surface area contributed by atoms with Gasteiger partial charge in [0.1, 0.15) is 6.10 Å². The maximum Gasteiger partial charge on any atom is 0.106 e. The van der Waals surface area contributed by atoms with Crippen LogP contribution in [0.3, 0.4) is 0 Å². The van der Waals surface area contributed by atoms with Crippen LogP contribution in [0.2, 0.25) is 0 Å². The molecular weight excluding hydrogens is 120 g/mol. The van der Waals surface area contributed by atoms with Crippen LogP contribution >= 0.6 is 0 Å². The minimum atomic E-state index is -0.417. The number of hydrogen-bond donors (Lipinski definition) is 1. The number of aliphatic hydroxyl groups is 1. The van der Waals surface area contributed by atoms with Crippen LogP contribution in [-0.2, 0) is 9.47 Å². The van der Waals surface area contributed by atoms with Crippen molar-refractivity contribution in [3.8, 4) is 0 Å². The van der Waals surface area contributed by atoms with E-state index in [0.717, 1.165) is 6.42 Å². The van der Waals surface area contributed by atoms with E-state index in [1.165, 1.54) is 0 Å². The Kier molecular flexibility index (Phi) is 2.05. The van der Waals surface area contributed by atoms with E-state index >= 15 is 0 Å². The van der Waals surface area contributed by atoms with Crippen molar-refractivity contribution < 1.29 is 14.6 Å². The van der Waals surface area contributed by atoms with Crippen LogP contribution in [0, 0.1) is 0 Å². The predicted octanol–water partition coefficient (Wildman–Crippen LogP) is -0.219. The standard InChI is InChI=1S/C6H12O3/c1-8-4-3-5(9-2)6(4)7/h4-7H,3H2,1-2H3. The highest BCUT2D eigenvalue weighted by Crippen LogP contribution is 2.25. The van der Waals surface area contributed by atoms with Gasteiger partial charge in [0.2, 0.25) is 0 Å². The number of methoxy groups -OCH3 is 2. The summed E-state index contributed by atoms with van der Waals surface area (Å²) < 4.78 is 9.80. The fourth-order valence-electron chi connectivity index (χ4n) is 1.02. The van der Waals surface area contributed by atoms with E-state index in [0.29, 0.717) is 0 Å². The lowest BCUT2D eigenvalue weighted by Crippen LogP contribution is -2.52. The molecule has 1 saturated carbocycles. The van der Waals surface area contributed by atoms with Crippen LogP contribution in [0.4, 0.5) is 0 Å². The van der Waals surface area contributed by atoms with Gasteiger partial charge in [-0.3, -0.25) is 0 Å². The second-order valence-corrected chi connectivity index (χ2v) is 2.27. The third-order valence-corrected chi connectivity index (χ3v) is 1.83. The fraction of sp³-hybridized carbons (Fsp3) is 1.00. The van der Waals surface area contributed by atoms with Crippen molar-refractivity contribution in [2.45, 2.75) is 24.7 Å². The molecule has 3 heteroatoms. The Bertz CT molecular complexity index is 84.3. The second kappa shape index (κ2) is 2.64. The highest BCUT2D eigenvalue weighted by atomic mass is 16.5. The van der Waals surface area contributed by atoms with Gasteiger partial charge >= 0.3 is 0 Å². The zero-order valence-electron chi connectivity index (χ0n) is 5.70. The molecule has 54 valence electrons. The summed E-state index contributed by atoms with van der Waals surface area (Å²) in [5.41, 5.74) is 0. The molecule has 0 amide bonds. The van der Waals surface area contributed by atoms with E-state index in [9.17, 15) is 0 Å². The molecule has 0 aromatic rings. The van der Waals surface area contributed by atoms with E-state index in [1.54, 1.807) is 14.2 Å². The predicted molar refractivity (Wildman–Crippen MR) is 32.2 cm³/mol. The molecule has 1 fully saturated rings. The molecule has 0 saturated heterocycles. The van der Waals surface area contributed by atoms with Crippen LogP contribution in [0.1, 0.15) is 6.42 Å². The Morgan fingerprint density at radius 3 is 1.89 bits per heavy atom. The van der Waals surface area contributed by atoms with Crippen molar-refractivity contribution in [2.75, 3.05) is 14.2 Å². The Balaban J connectivity index is 2.24. The molecule has 9 heavy (non-hydrogen) atoms.